The molecule has 1 fully saturated rings. The van der Waals surface area contributed by atoms with Gasteiger partial charge in [-0.25, -0.2) is 0 Å². The Morgan fingerprint density at radius 1 is 1.08 bits per heavy atom. The molecule has 0 saturated heterocycles. The van der Waals surface area contributed by atoms with Gasteiger partial charge in [-0.1, -0.05) is 57.0 Å². The van der Waals surface area contributed by atoms with Crippen molar-refractivity contribution in [3.8, 4) is 0 Å². The van der Waals surface area contributed by atoms with E-state index in [-0.39, 0.29) is 36.0 Å². The molecular formula is C20H28N2O3. The number of rotatable bonds is 7. The molecule has 1 aromatic carbocycles. The summed E-state index contributed by atoms with van der Waals surface area (Å²) in [5.41, 5.74) is 5.67. The molecule has 1 saturated carbocycles. The Balaban J connectivity index is 1.91. The largest absolute Gasteiger partial charge is 0.369 e. The molecule has 0 aliphatic heterocycles. The Morgan fingerprint density at radius 3 is 2.36 bits per heavy atom. The number of nitrogens with one attached hydrogen (secondary N) is 1. The first-order valence-electron chi connectivity index (χ1n) is 8.95. The Hall–Kier alpha value is -2.17. The van der Waals surface area contributed by atoms with Crippen molar-refractivity contribution < 1.29 is 14.4 Å². The molecule has 0 bridgehead atoms. The number of hydrogen-bond donors (Lipinski definition) is 2. The van der Waals surface area contributed by atoms with Crippen LogP contribution in [0.15, 0.2) is 30.3 Å². The van der Waals surface area contributed by atoms with Crippen LogP contribution in [0.2, 0.25) is 0 Å². The zero-order chi connectivity index (χ0) is 18.4. The summed E-state index contributed by atoms with van der Waals surface area (Å²) in [5.74, 6) is -0.717. The molecule has 5 nitrogen and oxygen atoms in total. The van der Waals surface area contributed by atoms with Crippen LogP contribution in [-0.2, 0) is 9.59 Å². The van der Waals surface area contributed by atoms with Gasteiger partial charge in [0.2, 0.25) is 11.8 Å². The molecule has 2 rings (SSSR count). The highest BCUT2D eigenvalue weighted by atomic mass is 16.2. The molecule has 1 aliphatic rings. The Bertz CT molecular complexity index is 625. The number of primary amides is 1. The van der Waals surface area contributed by atoms with Crippen molar-refractivity contribution in [3.05, 3.63) is 35.9 Å². The highest BCUT2D eigenvalue weighted by Gasteiger charge is 2.32. The fourth-order valence-corrected chi connectivity index (χ4v) is 3.56. The quantitative estimate of drug-likeness (QED) is 0.745. The third kappa shape index (κ3) is 5.69. The lowest BCUT2D eigenvalue weighted by Crippen LogP contribution is -2.47. The molecule has 1 aromatic rings. The Morgan fingerprint density at radius 2 is 1.72 bits per heavy atom. The van der Waals surface area contributed by atoms with Gasteiger partial charge in [-0.3, -0.25) is 14.4 Å². The Labute approximate surface area is 149 Å². The number of carbonyl (C=O) groups excluding carboxylic acids is 3. The summed E-state index contributed by atoms with van der Waals surface area (Å²) in [5, 5.41) is 2.97. The maximum atomic E-state index is 12.4. The van der Waals surface area contributed by atoms with Gasteiger partial charge in [-0.2, -0.15) is 0 Å². The van der Waals surface area contributed by atoms with Crippen molar-refractivity contribution in [1.29, 1.82) is 0 Å². The van der Waals surface area contributed by atoms with Crippen molar-refractivity contribution in [1.82, 2.24) is 5.32 Å². The number of Topliss-reactive ketones (excluding diaryl/α,β-unsaturated/α-hetero) is 1. The number of benzene rings is 1. The number of nitrogens with two attached hydrogens (primary N) is 1. The fourth-order valence-electron chi connectivity index (χ4n) is 3.56. The fraction of sp³-hybridized carbons (Fsp3) is 0.550. The van der Waals surface area contributed by atoms with Crippen molar-refractivity contribution in [3.63, 3.8) is 0 Å². The van der Waals surface area contributed by atoms with Crippen molar-refractivity contribution >= 4 is 17.6 Å². The zero-order valence-electron chi connectivity index (χ0n) is 15.1. The highest BCUT2D eigenvalue weighted by molar-refractivity contribution is 5.96. The van der Waals surface area contributed by atoms with Crippen LogP contribution >= 0.6 is 0 Å². The average molecular weight is 344 g/mol. The first-order valence-corrected chi connectivity index (χ1v) is 8.95. The maximum Gasteiger partial charge on any atom is 0.222 e. The lowest BCUT2D eigenvalue weighted by Gasteiger charge is -2.31. The van der Waals surface area contributed by atoms with E-state index in [2.05, 4.69) is 5.32 Å². The summed E-state index contributed by atoms with van der Waals surface area (Å²) < 4.78 is 0. The molecule has 3 N–H and O–H groups in total. The first kappa shape index (κ1) is 19.2. The monoisotopic (exact) mass is 344 g/mol. The lowest BCUT2D eigenvalue weighted by molar-refractivity contribution is -0.127. The molecule has 136 valence electrons. The third-order valence-corrected chi connectivity index (χ3v) is 4.85. The predicted octanol–water partition coefficient (Wildman–Crippen LogP) is 2.84. The van der Waals surface area contributed by atoms with Crippen LogP contribution in [0, 0.1) is 11.3 Å². The summed E-state index contributed by atoms with van der Waals surface area (Å²) in [4.78, 5) is 36.4. The van der Waals surface area contributed by atoms with E-state index in [1.165, 1.54) is 0 Å². The van der Waals surface area contributed by atoms with Gasteiger partial charge in [-0.15, -0.1) is 0 Å². The standard InChI is InChI=1S/C20H28N2O3/c1-20(2,12-17(23)14-8-4-3-5-9-14)13-18(24)22-16-11-7-6-10-15(16)19(21)25/h3-5,8-9,15-16H,6-7,10-13H2,1-2H3,(H2,21,25)(H,22,24)/t15-,16+/m0/s1. The highest BCUT2D eigenvalue weighted by Crippen LogP contribution is 2.29. The molecule has 0 radical (unpaired) electrons. The van der Waals surface area contributed by atoms with Crippen LogP contribution < -0.4 is 11.1 Å². The molecule has 5 heteroatoms. The van der Waals surface area contributed by atoms with Crippen LogP contribution in [0.1, 0.15) is 62.7 Å². The minimum absolute atomic E-state index is 0.0334. The van der Waals surface area contributed by atoms with Crippen molar-refractivity contribution in [2.45, 2.75) is 58.4 Å². The van der Waals surface area contributed by atoms with Crippen LogP contribution in [-0.4, -0.2) is 23.6 Å². The van der Waals surface area contributed by atoms with E-state index in [9.17, 15) is 14.4 Å². The molecule has 0 unspecified atom stereocenters. The second kappa shape index (κ2) is 8.28. The summed E-state index contributed by atoms with van der Waals surface area (Å²) in [6.45, 7) is 3.83. The first-order chi connectivity index (χ1) is 11.8. The molecule has 0 heterocycles. The van der Waals surface area contributed by atoms with E-state index in [1.54, 1.807) is 12.1 Å². The number of hydrogen-bond acceptors (Lipinski definition) is 3. The molecule has 2 atom stereocenters. The van der Waals surface area contributed by atoms with Gasteiger partial charge in [0.05, 0.1) is 5.92 Å². The van der Waals surface area contributed by atoms with E-state index in [4.69, 9.17) is 5.73 Å². The summed E-state index contributed by atoms with van der Waals surface area (Å²) in [6, 6.07) is 8.93. The summed E-state index contributed by atoms with van der Waals surface area (Å²) >= 11 is 0. The van der Waals surface area contributed by atoms with E-state index < -0.39 is 5.41 Å². The molecule has 0 aromatic heterocycles. The van der Waals surface area contributed by atoms with Gasteiger partial charge in [0.15, 0.2) is 5.78 Å². The summed E-state index contributed by atoms with van der Waals surface area (Å²) in [7, 11) is 0. The zero-order valence-corrected chi connectivity index (χ0v) is 15.1. The molecule has 0 spiro atoms. The second-order valence-corrected chi connectivity index (χ2v) is 7.77. The number of carbonyl (C=O) groups is 3. The van der Waals surface area contributed by atoms with E-state index in [0.717, 1.165) is 25.7 Å². The number of amides is 2. The Kier molecular flexibility index (Phi) is 6.34. The minimum atomic E-state index is -0.451. The molecule has 25 heavy (non-hydrogen) atoms. The van der Waals surface area contributed by atoms with Crippen molar-refractivity contribution in [2.24, 2.45) is 17.1 Å². The van der Waals surface area contributed by atoms with Crippen LogP contribution in [0.3, 0.4) is 0 Å². The van der Waals surface area contributed by atoms with Gasteiger partial charge >= 0.3 is 0 Å². The third-order valence-electron chi connectivity index (χ3n) is 4.85. The molecule has 2 amide bonds. The number of ketones is 1. The molecule has 1 aliphatic carbocycles. The van der Waals surface area contributed by atoms with Gasteiger partial charge < -0.3 is 11.1 Å². The van der Waals surface area contributed by atoms with E-state index >= 15 is 0 Å². The van der Waals surface area contributed by atoms with Gasteiger partial charge in [0, 0.05) is 24.4 Å². The van der Waals surface area contributed by atoms with Crippen LogP contribution in [0.25, 0.3) is 0 Å². The lowest BCUT2D eigenvalue weighted by atomic mass is 9.81. The van der Waals surface area contributed by atoms with Gasteiger partial charge in [0.1, 0.15) is 0 Å². The topological polar surface area (TPSA) is 89.3 Å². The predicted molar refractivity (Wildman–Crippen MR) is 96.9 cm³/mol. The van der Waals surface area contributed by atoms with E-state index in [1.807, 2.05) is 32.0 Å². The normalized spacial score (nSPS) is 20.7. The average Bonchev–Trinajstić information content (AvgIpc) is 2.54. The minimum Gasteiger partial charge on any atom is -0.369 e. The van der Waals surface area contributed by atoms with Gasteiger partial charge in [0.25, 0.3) is 0 Å². The van der Waals surface area contributed by atoms with Gasteiger partial charge in [-0.05, 0) is 18.3 Å². The van der Waals surface area contributed by atoms with Crippen LogP contribution in [0.5, 0.6) is 0 Å². The van der Waals surface area contributed by atoms with Crippen LogP contribution in [0.4, 0.5) is 0 Å². The van der Waals surface area contributed by atoms with Crippen molar-refractivity contribution in [2.75, 3.05) is 0 Å². The second-order valence-electron chi connectivity index (χ2n) is 7.77. The maximum absolute atomic E-state index is 12.4. The smallest absolute Gasteiger partial charge is 0.222 e. The summed E-state index contributed by atoms with van der Waals surface area (Å²) in [6.07, 6.45) is 4.02. The van der Waals surface area contributed by atoms with E-state index in [0.29, 0.717) is 12.0 Å². The SMILES string of the molecule is CC(C)(CC(=O)N[C@@H]1CCCC[C@@H]1C(N)=O)CC(=O)c1ccccc1. The molecular weight excluding hydrogens is 316 g/mol.